The lowest BCUT2D eigenvalue weighted by atomic mass is 10.1. The van der Waals surface area contributed by atoms with Crippen molar-refractivity contribution in [2.24, 2.45) is 5.92 Å². The number of aromatic amines is 1. The molecule has 2 atom stereocenters. The maximum absolute atomic E-state index is 13.2. The lowest BCUT2D eigenvalue weighted by Crippen LogP contribution is -2.31. The van der Waals surface area contributed by atoms with Crippen LogP contribution < -0.4 is 0 Å². The van der Waals surface area contributed by atoms with Crippen LogP contribution in [0.5, 0.6) is 0 Å². The van der Waals surface area contributed by atoms with Crippen molar-refractivity contribution in [1.29, 1.82) is 0 Å². The number of likely N-dealkylation sites (tertiary alicyclic amines) is 1. The van der Waals surface area contributed by atoms with Crippen LogP contribution in [0, 0.1) is 11.7 Å². The van der Waals surface area contributed by atoms with E-state index in [0.717, 1.165) is 0 Å². The third-order valence-corrected chi connectivity index (χ3v) is 7.04. The molecule has 116 valence electrons. The number of amides is 1. The van der Waals surface area contributed by atoms with E-state index in [0.29, 0.717) is 29.4 Å². The van der Waals surface area contributed by atoms with Crippen LogP contribution in [-0.2, 0) is 9.84 Å². The molecule has 0 bridgehead atoms. The van der Waals surface area contributed by atoms with Gasteiger partial charge in [-0.2, -0.15) is 0 Å². The molecule has 1 aromatic carbocycles. The van der Waals surface area contributed by atoms with Gasteiger partial charge in [0.25, 0.3) is 5.91 Å². The van der Waals surface area contributed by atoms with Crippen LogP contribution in [0.1, 0.15) is 16.8 Å². The lowest BCUT2D eigenvalue weighted by molar-refractivity contribution is 0.0788. The number of nitrogens with one attached hydrogen (secondary N) is 1. The maximum atomic E-state index is 13.2. The highest BCUT2D eigenvalue weighted by Crippen LogP contribution is 2.34. The Bertz CT molecular complexity index is 874. The van der Waals surface area contributed by atoms with Crippen molar-refractivity contribution in [2.45, 2.75) is 11.7 Å². The highest BCUT2D eigenvalue weighted by atomic mass is 32.2. The molecular weight excluding hydrogens is 307 g/mol. The Morgan fingerprint density at radius 3 is 2.91 bits per heavy atom. The molecule has 7 heteroatoms. The quantitative estimate of drug-likeness (QED) is 0.866. The van der Waals surface area contributed by atoms with Crippen LogP contribution in [-0.4, -0.2) is 48.3 Å². The van der Waals surface area contributed by atoms with Gasteiger partial charge in [0, 0.05) is 30.2 Å². The van der Waals surface area contributed by atoms with E-state index in [2.05, 4.69) is 4.98 Å². The second-order valence-corrected chi connectivity index (χ2v) is 8.40. The Hall–Kier alpha value is -1.89. The zero-order valence-corrected chi connectivity index (χ0v) is 12.6. The van der Waals surface area contributed by atoms with Gasteiger partial charge in [-0.05, 0) is 30.5 Å². The molecule has 3 heterocycles. The van der Waals surface area contributed by atoms with Gasteiger partial charge in [-0.1, -0.05) is 0 Å². The molecule has 5 nitrogen and oxygen atoms in total. The predicted octanol–water partition coefficient (Wildman–Crippen LogP) is 1.57. The second kappa shape index (κ2) is 4.55. The molecule has 2 aromatic rings. The number of fused-ring (bicyclic) bond motifs is 2. The van der Waals surface area contributed by atoms with Crippen LogP contribution >= 0.6 is 0 Å². The number of rotatable bonds is 1. The number of aromatic nitrogens is 1. The summed E-state index contributed by atoms with van der Waals surface area (Å²) in [6.07, 6.45) is 2.20. The van der Waals surface area contributed by atoms with Crippen LogP contribution in [0.15, 0.2) is 24.4 Å². The summed E-state index contributed by atoms with van der Waals surface area (Å²) in [5.74, 6) is -0.273. The Morgan fingerprint density at radius 1 is 1.32 bits per heavy atom. The van der Waals surface area contributed by atoms with Gasteiger partial charge >= 0.3 is 0 Å². The minimum atomic E-state index is -3.06. The van der Waals surface area contributed by atoms with E-state index < -0.39 is 15.1 Å². The Balaban J connectivity index is 1.65. The Labute approximate surface area is 127 Å². The highest BCUT2D eigenvalue weighted by Gasteiger charge is 2.47. The number of benzene rings is 1. The zero-order valence-electron chi connectivity index (χ0n) is 11.8. The van der Waals surface area contributed by atoms with E-state index in [-0.39, 0.29) is 29.9 Å². The fourth-order valence-electron chi connectivity index (χ4n) is 3.60. The summed E-state index contributed by atoms with van der Waals surface area (Å²) in [6.45, 7) is 0.746. The Kier molecular flexibility index (Phi) is 2.84. The van der Waals surface area contributed by atoms with Gasteiger partial charge in [-0.15, -0.1) is 0 Å². The average Bonchev–Trinajstić information content (AvgIpc) is 3.13. The summed E-state index contributed by atoms with van der Waals surface area (Å²) >= 11 is 0. The molecule has 2 saturated heterocycles. The van der Waals surface area contributed by atoms with Gasteiger partial charge in [0.1, 0.15) is 5.82 Å². The number of hydrogen-bond donors (Lipinski definition) is 1. The van der Waals surface area contributed by atoms with Gasteiger partial charge in [-0.3, -0.25) is 4.79 Å². The first-order valence-corrected chi connectivity index (χ1v) is 8.95. The summed E-state index contributed by atoms with van der Waals surface area (Å²) in [5, 5.41) is 0.241. The molecule has 22 heavy (non-hydrogen) atoms. The number of carbonyl (C=O) groups excluding carboxylic acids is 1. The van der Waals surface area contributed by atoms with Gasteiger partial charge in [-0.25, -0.2) is 12.8 Å². The molecule has 1 aromatic heterocycles. The molecule has 2 fully saturated rings. The monoisotopic (exact) mass is 322 g/mol. The van der Waals surface area contributed by atoms with Crippen molar-refractivity contribution in [3.63, 3.8) is 0 Å². The predicted molar refractivity (Wildman–Crippen MR) is 79.8 cm³/mol. The molecule has 0 saturated carbocycles. The number of halogens is 1. The van der Waals surface area contributed by atoms with Crippen molar-refractivity contribution in [2.75, 3.05) is 18.8 Å². The molecule has 0 spiro atoms. The number of carbonyl (C=O) groups is 1. The van der Waals surface area contributed by atoms with E-state index in [1.165, 1.54) is 12.1 Å². The summed E-state index contributed by atoms with van der Waals surface area (Å²) in [6, 6.07) is 4.23. The first-order valence-electron chi connectivity index (χ1n) is 7.23. The van der Waals surface area contributed by atoms with Gasteiger partial charge in [0.05, 0.1) is 16.6 Å². The van der Waals surface area contributed by atoms with Crippen molar-refractivity contribution >= 4 is 26.6 Å². The summed E-state index contributed by atoms with van der Waals surface area (Å²) < 4.78 is 37.1. The summed E-state index contributed by atoms with van der Waals surface area (Å²) in [4.78, 5) is 17.2. The van der Waals surface area contributed by atoms with Crippen molar-refractivity contribution in [3.8, 4) is 0 Å². The first-order chi connectivity index (χ1) is 10.5. The molecule has 0 unspecified atom stereocenters. The van der Waals surface area contributed by atoms with Crippen LogP contribution in [0.3, 0.4) is 0 Å². The smallest absolute Gasteiger partial charge is 0.256 e. The molecule has 1 amide bonds. The van der Waals surface area contributed by atoms with E-state index in [4.69, 9.17) is 0 Å². The minimum Gasteiger partial charge on any atom is -0.360 e. The second-order valence-electron chi connectivity index (χ2n) is 6.06. The number of H-pyrrole nitrogens is 1. The third kappa shape index (κ3) is 1.95. The molecule has 1 N–H and O–H groups in total. The topological polar surface area (TPSA) is 70.2 Å². The summed E-state index contributed by atoms with van der Waals surface area (Å²) in [7, 11) is -3.06. The van der Waals surface area contributed by atoms with Gasteiger partial charge in [0.15, 0.2) is 9.84 Å². The van der Waals surface area contributed by atoms with E-state index in [1.807, 2.05) is 0 Å². The largest absolute Gasteiger partial charge is 0.360 e. The SMILES string of the molecule is O=C(c1c[nH]c2cc(F)ccc12)N1C[C@H]2CCS(=O)(=O)[C@H]2C1. The van der Waals surface area contributed by atoms with Crippen molar-refractivity contribution in [3.05, 3.63) is 35.8 Å². The zero-order chi connectivity index (χ0) is 15.5. The fourth-order valence-corrected chi connectivity index (χ4v) is 5.75. The van der Waals surface area contributed by atoms with E-state index >= 15 is 0 Å². The van der Waals surface area contributed by atoms with Crippen LogP contribution in [0.25, 0.3) is 10.9 Å². The number of sulfone groups is 1. The van der Waals surface area contributed by atoms with E-state index in [1.54, 1.807) is 17.2 Å². The third-order valence-electron chi connectivity index (χ3n) is 4.78. The maximum Gasteiger partial charge on any atom is 0.256 e. The first kappa shape index (κ1) is 13.8. The number of hydrogen-bond acceptors (Lipinski definition) is 3. The molecule has 4 rings (SSSR count). The molecule has 2 aliphatic rings. The average molecular weight is 322 g/mol. The van der Waals surface area contributed by atoms with Crippen LogP contribution in [0.4, 0.5) is 4.39 Å². The molecule has 0 aliphatic carbocycles. The molecule has 2 aliphatic heterocycles. The lowest BCUT2D eigenvalue weighted by Gasteiger charge is -2.16. The van der Waals surface area contributed by atoms with Crippen molar-refractivity contribution < 1.29 is 17.6 Å². The standard InChI is InChI=1S/C15H15FN2O3S/c16-10-1-2-11-12(6-17-13(11)5-10)15(19)18-7-9-3-4-22(20,21)14(9)8-18/h1-2,5-6,9,14,17H,3-4,7-8H2/t9-,14+/m1/s1. The Morgan fingerprint density at radius 2 is 2.14 bits per heavy atom. The molecule has 0 radical (unpaired) electrons. The van der Waals surface area contributed by atoms with Crippen LogP contribution in [0.2, 0.25) is 0 Å². The minimum absolute atomic E-state index is 0.0524. The normalized spacial score (nSPS) is 26.5. The van der Waals surface area contributed by atoms with E-state index in [9.17, 15) is 17.6 Å². The van der Waals surface area contributed by atoms with Gasteiger partial charge in [0.2, 0.25) is 0 Å². The molecular formula is C15H15FN2O3S. The number of nitrogens with zero attached hydrogens (tertiary/aromatic N) is 1. The summed E-state index contributed by atoms with van der Waals surface area (Å²) in [5.41, 5.74) is 1.03. The highest BCUT2D eigenvalue weighted by molar-refractivity contribution is 7.92. The van der Waals surface area contributed by atoms with Gasteiger partial charge < -0.3 is 9.88 Å². The fraction of sp³-hybridized carbons (Fsp3) is 0.400. The van der Waals surface area contributed by atoms with Crippen molar-refractivity contribution in [1.82, 2.24) is 9.88 Å².